The molecule has 0 aliphatic carbocycles. The van der Waals surface area contributed by atoms with Gasteiger partial charge in [-0.1, -0.05) is 45.4 Å². The van der Waals surface area contributed by atoms with E-state index in [0.717, 1.165) is 18.9 Å². The minimum Gasteiger partial charge on any atom is -0.490 e. The Balaban J connectivity index is 2.02. The Morgan fingerprint density at radius 1 is 1.35 bits per heavy atom. The van der Waals surface area contributed by atoms with Crippen LogP contribution in [0.2, 0.25) is 0 Å². The molecule has 1 heterocycles. The third-order valence-corrected chi connectivity index (χ3v) is 3.83. The highest BCUT2D eigenvalue weighted by Gasteiger charge is 2.31. The zero-order chi connectivity index (χ0) is 14.4. The molecule has 1 aromatic rings. The lowest BCUT2D eigenvalue weighted by atomic mass is 9.98. The van der Waals surface area contributed by atoms with Crippen LogP contribution in [0.3, 0.4) is 0 Å². The molecule has 20 heavy (non-hydrogen) atoms. The SMILES string of the molecule is CCCC(C)COC1COc2ccccc2C1NCC. The Kier molecular flexibility index (Phi) is 5.86. The van der Waals surface area contributed by atoms with Gasteiger partial charge in [0.15, 0.2) is 0 Å². The quantitative estimate of drug-likeness (QED) is 0.826. The summed E-state index contributed by atoms with van der Waals surface area (Å²) >= 11 is 0. The number of benzene rings is 1. The van der Waals surface area contributed by atoms with E-state index >= 15 is 0 Å². The predicted octanol–water partition coefficient (Wildman–Crippen LogP) is 3.55. The molecule has 0 amide bonds. The molecule has 0 bridgehead atoms. The van der Waals surface area contributed by atoms with Crippen molar-refractivity contribution in [2.24, 2.45) is 5.92 Å². The van der Waals surface area contributed by atoms with Crippen molar-refractivity contribution in [1.82, 2.24) is 5.32 Å². The largest absolute Gasteiger partial charge is 0.490 e. The highest BCUT2D eigenvalue weighted by molar-refractivity contribution is 5.38. The fraction of sp³-hybridized carbons (Fsp3) is 0.647. The third-order valence-electron chi connectivity index (χ3n) is 3.83. The third kappa shape index (κ3) is 3.74. The van der Waals surface area contributed by atoms with Gasteiger partial charge in [0.05, 0.1) is 6.04 Å². The van der Waals surface area contributed by atoms with Gasteiger partial charge in [0.25, 0.3) is 0 Å². The Hall–Kier alpha value is -1.06. The molecule has 3 unspecified atom stereocenters. The maximum atomic E-state index is 6.13. The molecule has 0 radical (unpaired) electrons. The molecule has 1 aliphatic rings. The van der Waals surface area contributed by atoms with Crippen LogP contribution in [0, 0.1) is 5.92 Å². The van der Waals surface area contributed by atoms with Crippen molar-refractivity contribution in [2.45, 2.75) is 45.8 Å². The summed E-state index contributed by atoms with van der Waals surface area (Å²) in [5, 5.41) is 3.54. The van der Waals surface area contributed by atoms with Gasteiger partial charge in [0, 0.05) is 12.2 Å². The molecule has 0 saturated heterocycles. The number of nitrogens with one attached hydrogen (secondary N) is 1. The van der Waals surface area contributed by atoms with Crippen LogP contribution in [-0.4, -0.2) is 25.9 Å². The van der Waals surface area contributed by atoms with E-state index in [0.29, 0.717) is 12.5 Å². The maximum absolute atomic E-state index is 6.13. The van der Waals surface area contributed by atoms with E-state index in [1.807, 2.05) is 12.1 Å². The molecule has 3 nitrogen and oxygen atoms in total. The van der Waals surface area contributed by atoms with Crippen LogP contribution in [0.15, 0.2) is 24.3 Å². The van der Waals surface area contributed by atoms with Crippen LogP contribution in [-0.2, 0) is 4.74 Å². The Labute approximate surface area is 122 Å². The van der Waals surface area contributed by atoms with E-state index in [9.17, 15) is 0 Å². The number of fused-ring (bicyclic) bond motifs is 1. The summed E-state index contributed by atoms with van der Waals surface area (Å²) in [6.45, 7) is 8.99. The second-order valence-corrected chi connectivity index (χ2v) is 5.65. The first kappa shape index (κ1) is 15.3. The first-order valence-corrected chi connectivity index (χ1v) is 7.83. The first-order chi connectivity index (χ1) is 9.76. The van der Waals surface area contributed by atoms with Crippen LogP contribution >= 0.6 is 0 Å². The van der Waals surface area contributed by atoms with Gasteiger partial charge in [-0.3, -0.25) is 0 Å². The Morgan fingerprint density at radius 2 is 2.15 bits per heavy atom. The normalized spacial score (nSPS) is 22.9. The zero-order valence-electron chi connectivity index (χ0n) is 12.9. The lowest BCUT2D eigenvalue weighted by Gasteiger charge is -2.34. The molecule has 0 fully saturated rings. The number of ether oxygens (including phenoxy) is 2. The van der Waals surface area contributed by atoms with Gasteiger partial charge in [0.2, 0.25) is 0 Å². The average molecular weight is 277 g/mol. The van der Waals surface area contributed by atoms with Gasteiger partial charge in [-0.25, -0.2) is 0 Å². The van der Waals surface area contributed by atoms with Crippen molar-refractivity contribution >= 4 is 0 Å². The minimum atomic E-state index is 0.101. The van der Waals surface area contributed by atoms with Crippen molar-refractivity contribution in [3.63, 3.8) is 0 Å². The molecule has 1 aliphatic heterocycles. The standard InChI is InChI=1S/C17H27NO2/c1-4-8-13(3)11-19-16-12-20-15-10-7-6-9-14(15)17(16)18-5-2/h6-7,9-10,13,16-18H,4-5,8,11-12H2,1-3H3. The summed E-state index contributed by atoms with van der Waals surface area (Å²) in [4.78, 5) is 0. The maximum Gasteiger partial charge on any atom is 0.124 e. The number of hydrogen-bond acceptors (Lipinski definition) is 3. The molecule has 0 saturated carbocycles. The summed E-state index contributed by atoms with van der Waals surface area (Å²) in [5.41, 5.74) is 1.22. The Bertz CT molecular complexity index is 408. The van der Waals surface area contributed by atoms with Crippen LogP contribution in [0.25, 0.3) is 0 Å². The fourth-order valence-electron chi connectivity index (χ4n) is 2.81. The fourth-order valence-corrected chi connectivity index (χ4v) is 2.81. The number of hydrogen-bond donors (Lipinski definition) is 1. The van der Waals surface area contributed by atoms with Gasteiger partial charge in [-0.15, -0.1) is 0 Å². The summed E-state index contributed by atoms with van der Waals surface area (Å²) in [6, 6.07) is 8.49. The van der Waals surface area contributed by atoms with E-state index in [-0.39, 0.29) is 12.1 Å². The van der Waals surface area contributed by atoms with E-state index in [4.69, 9.17) is 9.47 Å². The molecule has 3 heteroatoms. The highest BCUT2D eigenvalue weighted by Crippen LogP contribution is 2.33. The van der Waals surface area contributed by atoms with Gasteiger partial charge in [-0.05, 0) is 24.9 Å². The monoisotopic (exact) mass is 277 g/mol. The molecule has 1 N–H and O–H groups in total. The predicted molar refractivity (Wildman–Crippen MR) is 82.2 cm³/mol. The molecule has 0 aromatic heterocycles. The summed E-state index contributed by atoms with van der Waals surface area (Å²) in [7, 11) is 0. The second kappa shape index (κ2) is 7.65. The van der Waals surface area contributed by atoms with Crippen LogP contribution in [0.1, 0.15) is 45.2 Å². The van der Waals surface area contributed by atoms with Gasteiger partial charge >= 0.3 is 0 Å². The van der Waals surface area contributed by atoms with Gasteiger partial charge < -0.3 is 14.8 Å². The molecule has 1 aromatic carbocycles. The molecule has 112 valence electrons. The van der Waals surface area contributed by atoms with E-state index in [1.54, 1.807) is 0 Å². The van der Waals surface area contributed by atoms with Gasteiger partial charge in [0.1, 0.15) is 18.5 Å². The van der Waals surface area contributed by atoms with E-state index < -0.39 is 0 Å². The van der Waals surface area contributed by atoms with Crippen molar-refractivity contribution in [1.29, 1.82) is 0 Å². The lowest BCUT2D eigenvalue weighted by Crippen LogP contribution is -2.41. The molecular weight excluding hydrogens is 250 g/mol. The van der Waals surface area contributed by atoms with Crippen molar-refractivity contribution in [3.8, 4) is 5.75 Å². The van der Waals surface area contributed by atoms with Crippen molar-refractivity contribution in [2.75, 3.05) is 19.8 Å². The van der Waals surface area contributed by atoms with Crippen molar-refractivity contribution < 1.29 is 9.47 Å². The second-order valence-electron chi connectivity index (χ2n) is 5.65. The number of likely N-dealkylation sites (N-methyl/N-ethyl adjacent to an activating group) is 1. The first-order valence-electron chi connectivity index (χ1n) is 7.83. The molecule has 0 spiro atoms. The number of rotatable bonds is 7. The average Bonchev–Trinajstić information content (AvgIpc) is 2.47. The topological polar surface area (TPSA) is 30.5 Å². The van der Waals surface area contributed by atoms with Crippen LogP contribution < -0.4 is 10.1 Å². The van der Waals surface area contributed by atoms with E-state index in [2.05, 4.69) is 38.2 Å². The smallest absolute Gasteiger partial charge is 0.124 e. The number of para-hydroxylation sites is 1. The summed E-state index contributed by atoms with van der Waals surface area (Å²) in [5.74, 6) is 1.60. The van der Waals surface area contributed by atoms with E-state index in [1.165, 1.54) is 18.4 Å². The van der Waals surface area contributed by atoms with Gasteiger partial charge in [-0.2, -0.15) is 0 Å². The molecule has 3 atom stereocenters. The summed E-state index contributed by atoms with van der Waals surface area (Å²) in [6.07, 6.45) is 2.53. The highest BCUT2D eigenvalue weighted by atomic mass is 16.5. The van der Waals surface area contributed by atoms with Crippen molar-refractivity contribution in [3.05, 3.63) is 29.8 Å². The molecular formula is C17H27NO2. The lowest BCUT2D eigenvalue weighted by molar-refractivity contribution is -0.0288. The Morgan fingerprint density at radius 3 is 2.90 bits per heavy atom. The summed E-state index contributed by atoms with van der Waals surface area (Å²) < 4.78 is 12.0. The minimum absolute atomic E-state index is 0.101. The zero-order valence-corrected chi connectivity index (χ0v) is 12.9. The van der Waals surface area contributed by atoms with Crippen LogP contribution in [0.4, 0.5) is 0 Å². The van der Waals surface area contributed by atoms with Crippen LogP contribution in [0.5, 0.6) is 5.75 Å². The molecule has 2 rings (SSSR count).